The number of hydrogen-bond acceptors (Lipinski definition) is 3. The van der Waals surface area contributed by atoms with Crippen LogP contribution in [0.2, 0.25) is 0 Å². The van der Waals surface area contributed by atoms with E-state index in [9.17, 15) is 0 Å². The van der Waals surface area contributed by atoms with Gasteiger partial charge in [-0.15, -0.1) is 11.3 Å². The van der Waals surface area contributed by atoms with E-state index in [1.165, 1.54) is 59.1 Å². The van der Waals surface area contributed by atoms with E-state index < -0.39 is 12.0 Å². The van der Waals surface area contributed by atoms with Crippen LogP contribution in [-0.2, 0) is 4.74 Å². The summed E-state index contributed by atoms with van der Waals surface area (Å²) < 4.78 is 42.8. The minimum Gasteiger partial charge on any atom is -0.494 e. The quantitative estimate of drug-likeness (QED) is 0.321. The number of ether oxygens (including phenoxy) is 2. The number of allylic oxidation sites excluding steroid dienone is 2. The molecule has 0 aliphatic heterocycles. The smallest absolute Gasteiger partial charge is 0.359 e. The highest BCUT2D eigenvalue weighted by Gasteiger charge is 2.44. The summed E-state index contributed by atoms with van der Waals surface area (Å²) in [6.07, 6.45) is 12.1. The fourth-order valence-electron chi connectivity index (χ4n) is 7.14. The van der Waals surface area contributed by atoms with Gasteiger partial charge in [-0.1, -0.05) is 38.7 Å². The molecular weight excluding hydrogens is 486 g/mol. The molecule has 1 atom stereocenters. The van der Waals surface area contributed by atoms with Crippen molar-refractivity contribution < 1.29 is 18.3 Å². The van der Waals surface area contributed by atoms with E-state index in [1.54, 1.807) is 11.3 Å². The van der Waals surface area contributed by atoms with Crippen molar-refractivity contribution >= 4 is 27.0 Å². The first-order valence-corrected chi connectivity index (χ1v) is 15.7. The fourth-order valence-corrected chi connectivity index (χ4v) is 8.30. The number of fused-ring (bicyclic) bond motifs is 1. The molecule has 0 N–H and O–H groups in total. The van der Waals surface area contributed by atoms with Crippen LogP contribution < -0.4 is 4.74 Å². The molecule has 2 saturated carbocycles. The number of rotatable bonds is 9. The Morgan fingerprint density at radius 3 is 2.30 bits per heavy atom. The second-order valence-electron chi connectivity index (χ2n) is 11.7. The van der Waals surface area contributed by atoms with Crippen molar-refractivity contribution in [2.24, 2.45) is 23.7 Å². The molecule has 0 bridgehead atoms. The third-order valence-corrected chi connectivity index (χ3v) is 10.5. The van der Waals surface area contributed by atoms with E-state index in [0.717, 1.165) is 49.2 Å². The number of alkyl halides is 2. The van der Waals surface area contributed by atoms with E-state index in [1.807, 2.05) is 19.1 Å². The predicted molar refractivity (Wildman–Crippen MR) is 150 cm³/mol. The maximum Gasteiger partial charge on any atom is 0.359 e. The molecule has 2 aromatic rings. The lowest BCUT2D eigenvalue weighted by Gasteiger charge is -2.39. The number of thiophene rings is 1. The molecule has 0 spiro atoms. The SMILES string of the molecule is CCCC1CCC(C2CCC(OC(F)(F)C3CC=C(c4cc5ccc(OCC)cc5s4)CC3)CC2)CC1. The summed E-state index contributed by atoms with van der Waals surface area (Å²) in [5.41, 5.74) is 1.19. The Kier molecular flexibility index (Phi) is 8.91. The Bertz CT molecular complexity index is 1040. The third kappa shape index (κ3) is 6.58. The Morgan fingerprint density at radius 1 is 0.919 bits per heavy atom. The average Bonchev–Trinajstić information content (AvgIpc) is 3.34. The molecule has 2 fully saturated rings. The van der Waals surface area contributed by atoms with Crippen LogP contribution in [0, 0.1) is 23.7 Å². The number of hydrogen-bond donors (Lipinski definition) is 0. The zero-order valence-electron chi connectivity index (χ0n) is 22.7. The van der Waals surface area contributed by atoms with Crippen molar-refractivity contribution in [3.63, 3.8) is 0 Å². The Hall–Kier alpha value is -1.46. The first-order chi connectivity index (χ1) is 17.9. The van der Waals surface area contributed by atoms with Crippen LogP contribution in [0.3, 0.4) is 0 Å². The topological polar surface area (TPSA) is 18.5 Å². The third-order valence-electron chi connectivity index (χ3n) is 9.30. The minimum absolute atomic E-state index is 0.282. The van der Waals surface area contributed by atoms with E-state index in [0.29, 0.717) is 25.9 Å². The van der Waals surface area contributed by atoms with E-state index in [-0.39, 0.29) is 6.10 Å². The van der Waals surface area contributed by atoms with Crippen LogP contribution in [-0.4, -0.2) is 18.8 Å². The molecule has 1 aromatic heterocycles. The van der Waals surface area contributed by atoms with Gasteiger partial charge in [-0.05, 0) is 118 Å². The molecule has 5 heteroatoms. The van der Waals surface area contributed by atoms with E-state index in [4.69, 9.17) is 9.47 Å². The number of benzene rings is 1. The Balaban J connectivity index is 1.11. The van der Waals surface area contributed by atoms with Crippen molar-refractivity contribution in [3.05, 3.63) is 35.2 Å². The molecule has 204 valence electrons. The molecule has 37 heavy (non-hydrogen) atoms. The molecule has 0 saturated heterocycles. The summed E-state index contributed by atoms with van der Waals surface area (Å²) in [7, 11) is 0. The van der Waals surface area contributed by atoms with Crippen LogP contribution in [0.1, 0.15) is 102 Å². The van der Waals surface area contributed by atoms with Gasteiger partial charge in [0, 0.05) is 9.58 Å². The van der Waals surface area contributed by atoms with Gasteiger partial charge < -0.3 is 9.47 Å². The summed E-state index contributed by atoms with van der Waals surface area (Å²) in [6, 6.07) is 8.34. The van der Waals surface area contributed by atoms with Crippen LogP contribution in [0.25, 0.3) is 15.7 Å². The molecule has 0 amide bonds. The van der Waals surface area contributed by atoms with Gasteiger partial charge in [-0.25, -0.2) is 0 Å². The zero-order valence-corrected chi connectivity index (χ0v) is 23.5. The summed E-state index contributed by atoms with van der Waals surface area (Å²) in [4.78, 5) is 1.19. The largest absolute Gasteiger partial charge is 0.494 e. The van der Waals surface area contributed by atoms with Gasteiger partial charge in [-0.3, -0.25) is 0 Å². The van der Waals surface area contributed by atoms with Gasteiger partial charge in [-0.2, -0.15) is 8.78 Å². The van der Waals surface area contributed by atoms with Crippen molar-refractivity contribution in [2.75, 3.05) is 6.61 Å². The lowest BCUT2D eigenvalue weighted by atomic mass is 9.70. The van der Waals surface area contributed by atoms with Gasteiger partial charge in [0.1, 0.15) is 5.75 Å². The van der Waals surface area contributed by atoms with Crippen molar-refractivity contribution in [2.45, 2.75) is 110 Å². The standard InChI is InChI=1S/C32H44F2O2S/c1-3-5-22-6-8-23(9-7-22)24-12-17-28(18-13-24)36-32(33,34)27-15-10-25(11-16-27)30-20-26-14-19-29(35-4-2)21-31(26)37-30/h10,14,19-24,27-28H,3-9,11-13,15-18H2,1-2H3. The maximum absolute atomic E-state index is 15.2. The molecule has 1 heterocycles. The van der Waals surface area contributed by atoms with Gasteiger partial charge in [0.2, 0.25) is 0 Å². The fraction of sp³-hybridized carbons (Fsp3) is 0.688. The minimum atomic E-state index is -3.04. The highest BCUT2D eigenvalue weighted by molar-refractivity contribution is 7.20. The first-order valence-electron chi connectivity index (χ1n) is 14.9. The first kappa shape index (κ1) is 27.1. The molecule has 0 radical (unpaired) electrons. The summed E-state index contributed by atoms with van der Waals surface area (Å²) in [5.74, 6) is 2.63. The Labute approximate surface area is 225 Å². The summed E-state index contributed by atoms with van der Waals surface area (Å²) in [5, 5.41) is 1.18. The molecule has 2 nitrogen and oxygen atoms in total. The summed E-state index contributed by atoms with van der Waals surface area (Å²) >= 11 is 1.73. The zero-order chi connectivity index (χ0) is 25.8. The second-order valence-corrected chi connectivity index (χ2v) is 12.8. The molecule has 3 aliphatic carbocycles. The van der Waals surface area contributed by atoms with Crippen LogP contribution in [0.5, 0.6) is 5.75 Å². The summed E-state index contributed by atoms with van der Waals surface area (Å²) in [6.45, 7) is 4.92. The molecule has 3 aliphatic rings. The normalized spacial score (nSPS) is 29.3. The lowest BCUT2D eigenvalue weighted by molar-refractivity contribution is -0.298. The Morgan fingerprint density at radius 2 is 1.65 bits per heavy atom. The highest BCUT2D eigenvalue weighted by atomic mass is 32.1. The van der Waals surface area contributed by atoms with Gasteiger partial charge in [0.05, 0.1) is 18.6 Å². The maximum atomic E-state index is 15.2. The monoisotopic (exact) mass is 530 g/mol. The van der Waals surface area contributed by atoms with Crippen molar-refractivity contribution in [3.8, 4) is 5.75 Å². The van der Waals surface area contributed by atoms with Crippen LogP contribution in [0.15, 0.2) is 30.3 Å². The van der Waals surface area contributed by atoms with Crippen molar-refractivity contribution in [1.82, 2.24) is 0 Å². The van der Waals surface area contributed by atoms with E-state index in [2.05, 4.69) is 25.1 Å². The second kappa shape index (κ2) is 12.2. The highest BCUT2D eigenvalue weighted by Crippen LogP contribution is 2.45. The van der Waals surface area contributed by atoms with E-state index >= 15 is 8.78 Å². The molecule has 1 aromatic carbocycles. The molecule has 5 rings (SSSR count). The van der Waals surface area contributed by atoms with Gasteiger partial charge in [0.15, 0.2) is 0 Å². The molecule has 1 unspecified atom stereocenters. The average molecular weight is 531 g/mol. The van der Waals surface area contributed by atoms with Crippen LogP contribution >= 0.6 is 11.3 Å². The lowest BCUT2D eigenvalue weighted by Crippen LogP contribution is -2.38. The molecular formula is C32H44F2O2S. The van der Waals surface area contributed by atoms with Gasteiger partial charge in [0.25, 0.3) is 0 Å². The number of halogens is 2. The van der Waals surface area contributed by atoms with Gasteiger partial charge >= 0.3 is 6.11 Å². The predicted octanol–water partition coefficient (Wildman–Crippen LogP) is 10.3. The van der Waals surface area contributed by atoms with Crippen LogP contribution in [0.4, 0.5) is 8.78 Å². The van der Waals surface area contributed by atoms with Crippen molar-refractivity contribution in [1.29, 1.82) is 0 Å².